The van der Waals surface area contributed by atoms with Gasteiger partial charge in [0.25, 0.3) is 5.91 Å². The van der Waals surface area contributed by atoms with E-state index >= 15 is 0 Å². The molecule has 10 nitrogen and oxygen atoms in total. The minimum absolute atomic E-state index is 0.227. The molecule has 0 radical (unpaired) electrons. The number of hydrogen-bond donors (Lipinski definition) is 3. The monoisotopic (exact) mass is 596 g/mol. The van der Waals surface area contributed by atoms with Gasteiger partial charge < -0.3 is 24.8 Å². The molecule has 0 aliphatic rings. The molecule has 204 valence electrons. The topological polar surface area (TPSA) is 127 Å². The molecule has 11 heteroatoms. The van der Waals surface area contributed by atoms with Crippen molar-refractivity contribution >= 4 is 45.6 Å². The summed E-state index contributed by atoms with van der Waals surface area (Å²) in [4.78, 5) is 36.6. The summed E-state index contributed by atoms with van der Waals surface area (Å²) in [7, 11) is 3.09. The number of nitrogens with zero attached hydrogens (tertiary/aromatic N) is 1. The van der Waals surface area contributed by atoms with Gasteiger partial charge in [-0.3, -0.25) is 14.4 Å². The van der Waals surface area contributed by atoms with Crippen LogP contribution < -0.4 is 30.3 Å². The Labute approximate surface area is 234 Å². The maximum absolute atomic E-state index is 12.3. The predicted molar refractivity (Wildman–Crippen MR) is 151 cm³/mol. The highest BCUT2D eigenvalue weighted by Crippen LogP contribution is 2.27. The predicted octanol–water partition coefficient (Wildman–Crippen LogP) is 3.60. The first-order chi connectivity index (χ1) is 18.8. The Balaban J connectivity index is 1.46. The summed E-state index contributed by atoms with van der Waals surface area (Å²) in [6, 6.07) is 17.8. The Bertz CT molecular complexity index is 1360. The number of hydrogen-bond acceptors (Lipinski definition) is 7. The molecule has 0 saturated carbocycles. The Morgan fingerprint density at radius 3 is 2.44 bits per heavy atom. The van der Waals surface area contributed by atoms with Crippen LogP contribution in [0.25, 0.3) is 0 Å². The fourth-order valence-electron chi connectivity index (χ4n) is 3.43. The van der Waals surface area contributed by atoms with E-state index in [0.717, 1.165) is 15.6 Å². The van der Waals surface area contributed by atoms with Crippen LogP contribution in [0.15, 0.2) is 70.2 Å². The van der Waals surface area contributed by atoms with E-state index in [1.807, 2.05) is 25.1 Å². The zero-order valence-electron chi connectivity index (χ0n) is 21.7. The summed E-state index contributed by atoms with van der Waals surface area (Å²) < 4.78 is 17.1. The van der Waals surface area contributed by atoms with Gasteiger partial charge in [0.2, 0.25) is 0 Å². The lowest BCUT2D eigenvalue weighted by Gasteiger charge is -2.10. The van der Waals surface area contributed by atoms with E-state index in [0.29, 0.717) is 34.9 Å². The van der Waals surface area contributed by atoms with Crippen LogP contribution in [0.2, 0.25) is 0 Å². The fraction of sp³-hybridized carbons (Fsp3) is 0.214. The van der Waals surface area contributed by atoms with Gasteiger partial charge in [-0.15, -0.1) is 0 Å². The SMILES string of the molecule is COc1ccc(CCNC(=O)C(=O)N/N=C\c2ccccc2OCC(=O)Nc2ccc(Br)c(C)c2)cc1OC. The van der Waals surface area contributed by atoms with E-state index in [4.69, 9.17) is 14.2 Å². The first-order valence-electron chi connectivity index (χ1n) is 11.9. The molecule has 3 N–H and O–H groups in total. The molecule has 3 aromatic rings. The largest absolute Gasteiger partial charge is 0.493 e. The average Bonchev–Trinajstić information content (AvgIpc) is 2.94. The van der Waals surface area contributed by atoms with Crippen LogP contribution >= 0.6 is 15.9 Å². The molecule has 3 rings (SSSR count). The van der Waals surface area contributed by atoms with E-state index in [1.165, 1.54) is 6.21 Å². The second-order valence-corrected chi connectivity index (χ2v) is 9.09. The standard InChI is InChI=1S/C28H29BrN4O6/c1-18-14-21(9-10-22(18)29)32-26(34)17-39-23-7-5-4-6-20(23)16-31-33-28(36)27(35)30-13-12-19-8-11-24(37-2)25(15-19)38-3/h4-11,14-16H,12-13,17H2,1-3H3,(H,30,35)(H,32,34)(H,33,36)/b31-16-. The highest BCUT2D eigenvalue weighted by Gasteiger charge is 2.13. The van der Waals surface area contributed by atoms with Crippen molar-refractivity contribution in [3.63, 3.8) is 0 Å². The van der Waals surface area contributed by atoms with Crippen molar-refractivity contribution in [2.75, 3.05) is 32.7 Å². The molecule has 3 aromatic carbocycles. The van der Waals surface area contributed by atoms with Crippen molar-refractivity contribution in [2.24, 2.45) is 5.10 Å². The molecular weight excluding hydrogens is 568 g/mol. The lowest BCUT2D eigenvalue weighted by atomic mass is 10.1. The van der Waals surface area contributed by atoms with E-state index in [9.17, 15) is 14.4 Å². The number of methoxy groups -OCH3 is 2. The first-order valence-corrected chi connectivity index (χ1v) is 12.7. The van der Waals surface area contributed by atoms with Gasteiger partial charge in [0.15, 0.2) is 18.1 Å². The number of halogens is 1. The van der Waals surface area contributed by atoms with Crippen LogP contribution in [0.5, 0.6) is 17.2 Å². The Hall–Kier alpha value is -4.38. The number of carbonyl (C=O) groups is 3. The molecule has 0 spiro atoms. The van der Waals surface area contributed by atoms with Crippen LogP contribution in [0.3, 0.4) is 0 Å². The third kappa shape index (κ3) is 8.85. The molecule has 0 saturated heterocycles. The highest BCUT2D eigenvalue weighted by molar-refractivity contribution is 9.10. The van der Waals surface area contributed by atoms with Gasteiger partial charge >= 0.3 is 11.8 Å². The highest BCUT2D eigenvalue weighted by atomic mass is 79.9. The number of ether oxygens (including phenoxy) is 3. The summed E-state index contributed by atoms with van der Waals surface area (Å²) in [6.07, 6.45) is 1.82. The molecule has 0 atom stereocenters. The van der Waals surface area contributed by atoms with Gasteiger partial charge in [0, 0.05) is 22.3 Å². The van der Waals surface area contributed by atoms with Crippen molar-refractivity contribution in [2.45, 2.75) is 13.3 Å². The summed E-state index contributed by atoms with van der Waals surface area (Å²) in [5.41, 5.74) is 5.26. The van der Waals surface area contributed by atoms with Gasteiger partial charge in [-0.05, 0) is 66.9 Å². The number of aryl methyl sites for hydroxylation is 1. The van der Waals surface area contributed by atoms with Gasteiger partial charge in [-0.1, -0.05) is 34.1 Å². The normalized spacial score (nSPS) is 10.6. The third-order valence-corrected chi connectivity index (χ3v) is 6.33. The minimum atomic E-state index is -0.916. The average molecular weight is 597 g/mol. The molecule has 0 unspecified atom stereocenters. The Morgan fingerprint density at radius 1 is 0.923 bits per heavy atom. The smallest absolute Gasteiger partial charge is 0.329 e. The van der Waals surface area contributed by atoms with E-state index in [1.54, 1.807) is 56.7 Å². The van der Waals surface area contributed by atoms with Crippen molar-refractivity contribution in [1.29, 1.82) is 0 Å². The molecule has 0 fully saturated rings. The number of rotatable bonds is 11. The number of benzene rings is 3. The zero-order chi connectivity index (χ0) is 28.2. The molecule has 0 heterocycles. The summed E-state index contributed by atoms with van der Waals surface area (Å²) in [5, 5.41) is 9.17. The molecule has 0 bridgehead atoms. The number of carbonyl (C=O) groups excluding carboxylic acids is 3. The zero-order valence-corrected chi connectivity index (χ0v) is 23.3. The van der Waals surface area contributed by atoms with Gasteiger partial charge in [0.1, 0.15) is 5.75 Å². The summed E-state index contributed by atoms with van der Waals surface area (Å²) in [5.74, 6) is -0.497. The van der Waals surface area contributed by atoms with E-state index in [2.05, 4.69) is 37.1 Å². The maximum atomic E-state index is 12.3. The van der Waals surface area contributed by atoms with Crippen molar-refractivity contribution in [3.8, 4) is 17.2 Å². The van der Waals surface area contributed by atoms with Crippen molar-refractivity contribution in [1.82, 2.24) is 10.7 Å². The van der Waals surface area contributed by atoms with Gasteiger partial charge in [-0.25, -0.2) is 5.43 Å². The van der Waals surface area contributed by atoms with Crippen LogP contribution in [-0.2, 0) is 20.8 Å². The quantitative estimate of drug-likeness (QED) is 0.176. The number of nitrogens with one attached hydrogen (secondary N) is 3. The second-order valence-electron chi connectivity index (χ2n) is 8.23. The van der Waals surface area contributed by atoms with E-state index in [-0.39, 0.29) is 19.1 Å². The lowest BCUT2D eigenvalue weighted by Crippen LogP contribution is -2.38. The number of para-hydroxylation sites is 1. The van der Waals surface area contributed by atoms with Crippen LogP contribution in [0.4, 0.5) is 5.69 Å². The van der Waals surface area contributed by atoms with Gasteiger partial charge in [0.05, 0.1) is 20.4 Å². The number of anilines is 1. The molecule has 0 aliphatic carbocycles. The van der Waals surface area contributed by atoms with Gasteiger partial charge in [-0.2, -0.15) is 5.10 Å². The Kier molecular flexibility index (Phi) is 10.9. The number of hydrazone groups is 1. The summed E-state index contributed by atoms with van der Waals surface area (Å²) in [6.45, 7) is 1.94. The lowest BCUT2D eigenvalue weighted by molar-refractivity contribution is -0.139. The fourth-order valence-corrected chi connectivity index (χ4v) is 3.68. The number of amides is 3. The summed E-state index contributed by atoms with van der Waals surface area (Å²) >= 11 is 3.42. The molecule has 3 amide bonds. The van der Waals surface area contributed by atoms with Crippen LogP contribution in [0.1, 0.15) is 16.7 Å². The molecule has 0 aliphatic heterocycles. The Morgan fingerprint density at radius 2 is 1.69 bits per heavy atom. The van der Waals surface area contributed by atoms with Crippen molar-refractivity contribution < 1.29 is 28.6 Å². The first kappa shape index (κ1) is 29.2. The third-order valence-electron chi connectivity index (χ3n) is 5.44. The van der Waals surface area contributed by atoms with Crippen molar-refractivity contribution in [3.05, 3.63) is 81.8 Å². The molecule has 0 aromatic heterocycles. The molecule has 39 heavy (non-hydrogen) atoms. The van der Waals surface area contributed by atoms with Crippen LogP contribution in [0, 0.1) is 6.92 Å². The van der Waals surface area contributed by atoms with E-state index < -0.39 is 11.8 Å². The second kappa shape index (κ2) is 14.5. The molecular formula is C28H29BrN4O6. The van der Waals surface area contributed by atoms with Crippen LogP contribution in [-0.4, -0.2) is 51.3 Å². The maximum Gasteiger partial charge on any atom is 0.329 e. The minimum Gasteiger partial charge on any atom is -0.493 e.